The lowest BCUT2D eigenvalue weighted by Crippen LogP contribution is -2.40. The van der Waals surface area contributed by atoms with E-state index in [1.807, 2.05) is 19.1 Å². The van der Waals surface area contributed by atoms with Gasteiger partial charge in [-0.15, -0.1) is 0 Å². The fraction of sp³-hybridized carbons (Fsp3) is 0.455. The van der Waals surface area contributed by atoms with Crippen molar-refractivity contribution in [2.24, 2.45) is 5.92 Å². The summed E-state index contributed by atoms with van der Waals surface area (Å²) in [7, 11) is 1.39. The SMILES string of the molecule is CCN(CC)c1ccc(C2C(C(=O)OC)=C(C)NC3=CCCC(=O)C32)cc1. The fourth-order valence-electron chi connectivity index (χ4n) is 4.23. The molecule has 144 valence electrons. The number of ketones is 1. The Morgan fingerprint density at radius 3 is 2.44 bits per heavy atom. The zero-order chi connectivity index (χ0) is 19.6. The van der Waals surface area contributed by atoms with Gasteiger partial charge in [-0.3, -0.25) is 4.79 Å². The third-order valence-corrected chi connectivity index (χ3v) is 5.60. The summed E-state index contributed by atoms with van der Waals surface area (Å²) < 4.78 is 5.05. The van der Waals surface area contributed by atoms with Gasteiger partial charge in [0.05, 0.1) is 18.6 Å². The number of methoxy groups -OCH3 is 1. The van der Waals surface area contributed by atoms with Crippen LogP contribution in [0.4, 0.5) is 5.69 Å². The molecule has 1 N–H and O–H groups in total. The van der Waals surface area contributed by atoms with Gasteiger partial charge in [-0.1, -0.05) is 18.2 Å². The number of esters is 1. The molecule has 0 amide bonds. The summed E-state index contributed by atoms with van der Waals surface area (Å²) in [5.74, 6) is -0.874. The maximum atomic E-state index is 12.8. The van der Waals surface area contributed by atoms with Crippen molar-refractivity contribution >= 4 is 17.4 Å². The van der Waals surface area contributed by atoms with Gasteiger partial charge < -0.3 is 15.0 Å². The summed E-state index contributed by atoms with van der Waals surface area (Å²) in [5.41, 5.74) is 4.33. The van der Waals surface area contributed by atoms with Gasteiger partial charge in [-0.25, -0.2) is 4.79 Å². The highest BCUT2D eigenvalue weighted by Crippen LogP contribution is 2.44. The molecule has 1 heterocycles. The predicted molar refractivity (Wildman–Crippen MR) is 106 cm³/mol. The van der Waals surface area contributed by atoms with Gasteiger partial charge in [0, 0.05) is 42.5 Å². The molecule has 1 aliphatic carbocycles. The summed E-state index contributed by atoms with van der Waals surface area (Å²) in [6.45, 7) is 8.00. The van der Waals surface area contributed by atoms with Crippen molar-refractivity contribution in [3.63, 3.8) is 0 Å². The first kappa shape index (κ1) is 19.2. The Kier molecular flexibility index (Phi) is 5.68. The number of hydrogen-bond acceptors (Lipinski definition) is 5. The molecule has 0 aromatic heterocycles. The Morgan fingerprint density at radius 2 is 1.85 bits per heavy atom. The van der Waals surface area contributed by atoms with E-state index in [4.69, 9.17) is 4.74 Å². The second kappa shape index (κ2) is 7.99. The first-order chi connectivity index (χ1) is 13.0. The molecule has 0 spiro atoms. The first-order valence-electron chi connectivity index (χ1n) is 9.65. The maximum absolute atomic E-state index is 12.8. The average molecular weight is 368 g/mol. The number of rotatable bonds is 5. The largest absolute Gasteiger partial charge is 0.466 e. The molecular weight excluding hydrogens is 340 g/mol. The van der Waals surface area contributed by atoms with E-state index in [9.17, 15) is 9.59 Å². The Hall–Kier alpha value is -2.56. The Balaban J connectivity index is 2.08. The minimum absolute atomic E-state index is 0.173. The van der Waals surface area contributed by atoms with Crippen LogP contribution >= 0.6 is 0 Å². The quantitative estimate of drug-likeness (QED) is 0.806. The smallest absolute Gasteiger partial charge is 0.336 e. The lowest BCUT2D eigenvalue weighted by atomic mass is 9.71. The van der Waals surface area contributed by atoms with Crippen molar-refractivity contribution in [3.8, 4) is 0 Å². The lowest BCUT2D eigenvalue weighted by Gasteiger charge is -2.38. The number of Topliss-reactive ketones (excluding diaryl/α,β-unsaturated/α-hetero) is 1. The predicted octanol–water partition coefficient (Wildman–Crippen LogP) is 3.53. The normalized spacial score (nSPS) is 21.9. The minimum Gasteiger partial charge on any atom is -0.466 e. The van der Waals surface area contributed by atoms with Gasteiger partial charge in [-0.05, 0) is 44.9 Å². The van der Waals surface area contributed by atoms with Crippen molar-refractivity contribution in [2.45, 2.75) is 39.5 Å². The number of nitrogens with zero attached hydrogens (tertiary/aromatic N) is 1. The summed E-state index contributed by atoms with van der Waals surface area (Å²) in [5, 5.41) is 3.27. The van der Waals surface area contributed by atoms with Crippen molar-refractivity contribution in [1.29, 1.82) is 0 Å². The molecule has 0 saturated heterocycles. The summed E-state index contributed by atoms with van der Waals surface area (Å²) in [4.78, 5) is 27.6. The zero-order valence-corrected chi connectivity index (χ0v) is 16.5. The van der Waals surface area contributed by atoms with Gasteiger partial charge >= 0.3 is 5.97 Å². The number of hydrogen-bond donors (Lipinski definition) is 1. The summed E-state index contributed by atoms with van der Waals surface area (Å²) in [6, 6.07) is 8.23. The van der Waals surface area contributed by atoms with E-state index in [0.717, 1.165) is 42.2 Å². The molecule has 0 fully saturated rings. The van der Waals surface area contributed by atoms with E-state index >= 15 is 0 Å². The maximum Gasteiger partial charge on any atom is 0.336 e. The van der Waals surface area contributed by atoms with Crippen molar-refractivity contribution in [2.75, 3.05) is 25.1 Å². The summed E-state index contributed by atoms with van der Waals surface area (Å²) in [6.07, 6.45) is 3.34. The molecule has 0 bridgehead atoms. The van der Waals surface area contributed by atoms with Crippen LogP contribution in [0, 0.1) is 5.92 Å². The monoisotopic (exact) mass is 368 g/mol. The summed E-state index contributed by atoms with van der Waals surface area (Å²) >= 11 is 0. The minimum atomic E-state index is -0.379. The average Bonchev–Trinajstić information content (AvgIpc) is 2.68. The van der Waals surface area contributed by atoms with Crippen LogP contribution < -0.4 is 10.2 Å². The highest BCUT2D eigenvalue weighted by Gasteiger charge is 2.43. The molecule has 1 aliphatic heterocycles. The van der Waals surface area contributed by atoms with E-state index in [-0.39, 0.29) is 23.6 Å². The Bertz CT molecular complexity index is 788. The van der Waals surface area contributed by atoms with Gasteiger partial charge in [0.1, 0.15) is 5.78 Å². The molecule has 1 aromatic rings. The van der Waals surface area contributed by atoms with E-state index in [1.165, 1.54) is 7.11 Å². The van der Waals surface area contributed by atoms with E-state index < -0.39 is 0 Å². The van der Waals surface area contributed by atoms with E-state index in [0.29, 0.717) is 12.0 Å². The standard InChI is InChI=1S/C22H28N2O3/c1-5-24(6-2)16-12-10-15(11-13-16)20-19(22(26)27-4)14(3)23-17-8-7-9-18(25)21(17)20/h8,10-13,20-21,23H,5-7,9H2,1-4H3. The van der Waals surface area contributed by atoms with Crippen LogP contribution in [0.15, 0.2) is 47.3 Å². The van der Waals surface area contributed by atoms with Crippen LogP contribution in [0.5, 0.6) is 0 Å². The van der Waals surface area contributed by atoms with Gasteiger partial charge in [0.2, 0.25) is 0 Å². The van der Waals surface area contributed by atoms with E-state index in [1.54, 1.807) is 0 Å². The Morgan fingerprint density at radius 1 is 1.19 bits per heavy atom. The molecule has 3 rings (SSSR count). The molecule has 0 saturated carbocycles. The molecule has 5 nitrogen and oxygen atoms in total. The number of fused-ring (bicyclic) bond motifs is 1. The number of nitrogens with one attached hydrogen (secondary N) is 1. The van der Waals surface area contributed by atoms with E-state index in [2.05, 4.69) is 42.3 Å². The van der Waals surface area contributed by atoms with Crippen molar-refractivity contribution < 1.29 is 14.3 Å². The van der Waals surface area contributed by atoms with Gasteiger partial charge in [0.15, 0.2) is 0 Å². The number of ether oxygens (including phenoxy) is 1. The van der Waals surface area contributed by atoms with Gasteiger partial charge in [-0.2, -0.15) is 0 Å². The lowest BCUT2D eigenvalue weighted by molar-refractivity contribution is -0.136. The molecule has 5 heteroatoms. The number of carbonyl (C=O) groups excluding carboxylic acids is 2. The highest BCUT2D eigenvalue weighted by atomic mass is 16.5. The van der Waals surface area contributed by atoms with Gasteiger partial charge in [0.25, 0.3) is 0 Å². The first-order valence-corrected chi connectivity index (χ1v) is 9.65. The number of anilines is 1. The number of allylic oxidation sites excluding steroid dienone is 3. The van der Waals surface area contributed by atoms with Crippen LogP contribution in [0.25, 0.3) is 0 Å². The second-order valence-electron chi connectivity index (χ2n) is 7.04. The highest BCUT2D eigenvalue weighted by molar-refractivity contribution is 5.96. The van der Waals surface area contributed by atoms with Crippen molar-refractivity contribution in [1.82, 2.24) is 5.32 Å². The molecule has 1 aromatic carbocycles. The molecule has 27 heavy (non-hydrogen) atoms. The van der Waals surface area contributed by atoms with Crippen LogP contribution in [0.1, 0.15) is 45.1 Å². The molecular formula is C22H28N2O3. The third kappa shape index (κ3) is 3.51. The molecule has 2 atom stereocenters. The number of carbonyl (C=O) groups is 2. The van der Waals surface area contributed by atoms with Crippen LogP contribution in [0.2, 0.25) is 0 Å². The fourth-order valence-corrected chi connectivity index (χ4v) is 4.23. The molecule has 0 radical (unpaired) electrons. The molecule has 2 unspecified atom stereocenters. The second-order valence-corrected chi connectivity index (χ2v) is 7.04. The van der Waals surface area contributed by atoms with Crippen LogP contribution in [-0.4, -0.2) is 32.0 Å². The number of benzene rings is 1. The zero-order valence-electron chi connectivity index (χ0n) is 16.5. The topological polar surface area (TPSA) is 58.6 Å². The molecule has 2 aliphatic rings. The third-order valence-electron chi connectivity index (χ3n) is 5.60. The van der Waals surface area contributed by atoms with Crippen molar-refractivity contribution in [3.05, 3.63) is 52.9 Å². The van der Waals surface area contributed by atoms with Crippen LogP contribution in [-0.2, 0) is 14.3 Å². The Labute approximate surface area is 161 Å². The van der Waals surface area contributed by atoms with Crippen LogP contribution in [0.3, 0.4) is 0 Å².